The highest BCUT2D eigenvalue weighted by Gasteiger charge is 2.23. The number of hydrogen-bond acceptors (Lipinski definition) is 5. The lowest BCUT2D eigenvalue weighted by atomic mass is 9.91. The topological polar surface area (TPSA) is 56.6 Å². The molecule has 2 rings (SSSR count). The van der Waals surface area contributed by atoms with Crippen LogP contribution < -0.4 is 16.5 Å². The molecule has 0 amide bonds. The zero-order chi connectivity index (χ0) is 11.5. The van der Waals surface area contributed by atoms with E-state index in [9.17, 15) is 0 Å². The van der Waals surface area contributed by atoms with Gasteiger partial charge >= 0.3 is 0 Å². The highest BCUT2D eigenvalue weighted by atomic mass is 15.6. The third-order valence-corrected chi connectivity index (χ3v) is 3.26. The molecule has 0 bridgehead atoms. The number of nitrogens with zero attached hydrogens (tertiary/aromatic N) is 2. The normalized spacial score (nSPS) is 31.9. The zero-order valence-electron chi connectivity index (χ0n) is 10.2. The standard InChI is InChI=1S/C11H23N5/c1-15-7-11(14-16(2)8-15)13-10-6-4-3-5-9(10)12/h7,9-10,13-14H,3-6,8,12H2,1-2H3. The number of hydrogen-bond donors (Lipinski definition) is 3. The van der Waals surface area contributed by atoms with Gasteiger partial charge in [-0.1, -0.05) is 12.8 Å². The number of hydrazine groups is 1. The molecule has 0 aromatic heterocycles. The first kappa shape index (κ1) is 11.5. The zero-order valence-corrected chi connectivity index (χ0v) is 10.2. The average Bonchev–Trinajstić information content (AvgIpc) is 2.20. The van der Waals surface area contributed by atoms with Gasteiger partial charge in [-0.2, -0.15) is 0 Å². The Bertz CT molecular complexity index is 265. The predicted molar refractivity (Wildman–Crippen MR) is 65.0 cm³/mol. The molecule has 0 saturated heterocycles. The summed E-state index contributed by atoms with van der Waals surface area (Å²) in [4.78, 5) is 2.15. The summed E-state index contributed by atoms with van der Waals surface area (Å²) in [6.07, 6.45) is 6.96. The summed E-state index contributed by atoms with van der Waals surface area (Å²) in [6, 6.07) is 0.696. The summed E-state index contributed by atoms with van der Waals surface area (Å²) in [7, 11) is 4.10. The van der Waals surface area contributed by atoms with Crippen LogP contribution in [0.4, 0.5) is 0 Å². The minimum atomic E-state index is 0.286. The van der Waals surface area contributed by atoms with E-state index in [0.717, 1.165) is 18.9 Å². The Kier molecular flexibility index (Phi) is 3.56. The van der Waals surface area contributed by atoms with Crippen LogP contribution >= 0.6 is 0 Å². The summed E-state index contributed by atoms with van der Waals surface area (Å²) in [5.41, 5.74) is 9.42. The molecule has 2 aliphatic rings. The van der Waals surface area contributed by atoms with E-state index in [2.05, 4.69) is 33.9 Å². The fourth-order valence-electron chi connectivity index (χ4n) is 2.47. The minimum absolute atomic E-state index is 0.286. The van der Waals surface area contributed by atoms with Crippen molar-refractivity contribution >= 4 is 0 Å². The van der Waals surface area contributed by atoms with Gasteiger partial charge in [-0.05, 0) is 12.8 Å². The van der Waals surface area contributed by atoms with Gasteiger partial charge in [-0.15, -0.1) is 0 Å². The van der Waals surface area contributed by atoms with Crippen LogP contribution in [0.2, 0.25) is 0 Å². The molecule has 0 spiro atoms. The van der Waals surface area contributed by atoms with Gasteiger partial charge in [0, 0.05) is 32.4 Å². The molecule has 92 valence electrons. The van der Waals surface area contributed by atoms with Gasteiger partial charge in [-0.25, -0.2) is 5.01 Å². The van der Waals surface area contributed by atoms with Crippen LogP contribution in [-0.2, 0) is 0 Å². The quantitative estimate of drug-likeness (QED) is 0.617. The van der Waals surface area contributed by atoms with E-state index in [1.807, 2.05) is 7.05 Å². The van der Waals surface area contributed by atoms with Crippen molar-refractivity contribution < 1.29 is 0 Å². The van der Waals surface area contributed by atoms with Gasteiger partial charge in [0.15, 0.2) is 0 Å². The first-order chi connectivity index (χ1) is 7.65. The largest absolute Gasteiger partial charge is 0.365 e. The molecule has 5 heteroatoms. The Morgan fingerprint density at radius 2 is 2.12 bits per heavy atom. The van der Waals surface area contributed by atoms with Crippen LogP contribution in [0.15, 0.2) is 12.0 Å². The molecule has 1 heterocycles. The van der Waals surface area contributed by atoms with Crippen LogP contribution in [0.25, 0.3) is 0 Å². The number of nitrogens with one attached hydrogen (secondary N) is 2. The molecule has 2 atom stereocenters. The monoisotopic (exact) mass is 225 g/mol. The van der Waals surface area contributed by atoms with Crippen LogP contribution in [0.5, 0.6) is 0 Å². The maximum absolute atomic E-state index is 6.12. The lowest BCUT2D eigenvalue weighted by molar-refractivity contribution is 0.144. The van der Waals surface area contributed by atoms with Crippen LogP contribution in [0.1, 0.15) is 25.7 Å². The fraction of sp³-hybridized carbons (Fsp3) is 0.818. The molecule has 4 N–H and O–H groups in total. The van der Waals surface area contributed by atoms with Gasteiger partial charge in [-0.3, -0.25) is 0 Å². The Hall–Kier alpha value is -0.940. The lowest BCUT2D eigenvalue weighted by Gasteiger charge is -2.36. The molecule has 16 heavy (non-hydrogen) atoms. The van der Waals surface area contributed by atoms with Crippen molar-refractivity contribution in [3.05, 3.63) is 12.0 Å². The van der Waals surface area contributed by atoms with Gasteiger partial charge < -0.3 is 21.4 Å². The van der Waals surface area contributed by atoms with Gasteiger partial charge in [0.2, 0.25) is 0 Å². The molecular weight excluding hydrogens is 202 g/mol. The van der Waals surface area contributed by atoms with E-state index < -0.39 is 0 Å². The summed E-state index contributed by atoms with van der Waals surface area (Å²) in [6.45, 7) is 0.891. The molecule has 1 aliphatic heterocycles. The summed E-state index contributed by atoms with van der Waals surface area (Å²) < 4.78 is 0. The second kappa shape index (κ2) is 4.93. The van der Waals surface area contributed by atoms with Crippen molar-refractivity contribution in [3.63, 3.8) is 0 Å². The highest BCUT2D eigenvalue weighted by Crippen LogP contribution is 2.17. The number of rotatable bonds is 2. The molecule has 5 nitrogen and oxygen atoms in total. The number of nitrogens with two attached hydrogens (primary N) is 1. The molecule has 0 aromatic carbocycles. The third-order valence-electron chi connectivity index (χ3n) is 3.26. The Morgan fingerprint density at radius 1 is 1.38 bits per heavy atom. The van der Waals surface area contributed by atoms with E-state index in [4.69, 9.17) is 5.73 Å². The van der Waals surface area contributed by atoms with Crippen molar-refractivity contribution in [2.24, 2.45) is 5.73 Å². The SMILES string of the molecule is CN1C=C(NC2CCCCC2N)NN(C)C1. The average molecular weight is 225 g/mol. The molecular formula is C11H23N5. The molecule has 0 aromatic rings. The Morgan fingerprint density at radius 3 is 2.81 bits per heavy atom. The Labute approximate surface area is 97.6 Å². The summed E-state index contributed by atoms with van der Waals surface area (Å²) >= 11 is 0. The maximum atomic E-state index is 6.12. The van der Waals surface area contributed by atoms with E-state index in [0.29, 0.717) is 6.04 Å². The smallest absolute Gasteiger partial charge is 0.130 e. The van der Waals surface area contributed by atoms with E-state index >= 15 is 0 Å². The molecule has 2 unspecified atom stereocenters. The van der Waals surface area contributed by atoms with Crippen molar-refractivity contribution in [3.8, 4) is 0 Å². The van der Waals surface area contributed by atoms with E-state index in [-0.39, 0.29) is 6.04 Å². The minimum Gasteiger partial charge on any atom is -0.365 e. The molecule has 1 aliphatic carbocycles. The molecule has 1 saturated carbocycles. The first-order valence-electron chi connectivity index (χ1n) is 6.07. The Balaban J connectivity index is 1.92. The van der Waals surface area contributed by atoms with Crippen LogP contribution in [0, 0.1) is 0 Å². The van der Waals surface area contributed by atoms with Gasteiger partial charge in [0.1, 0.15) is 5.82 Å². The second-order valence-corrected chi connectivity index (χ2v) is 4.95. The van der Waals surface area contributed by atoms with Crippen LogP contribution in [0.3, 0.4) is 0 Å². The van der Waals surface area contributed by atoms with E-state index in [1.54, 1.807) is 0 Å². The van der Waals surface area contributed by atoms with Gasteiger partial charge in [0.25, 0.3) is 0 Å². The lowest BCUT2D eigenvalue weighted by Crippen LogP contribution is -2.53. The second-order valence-electron chi connectivity index (χ2n) is 4.95. The first-order valence-corrected chi connectivity index (χ1v) is 6.07. The third kappa shape index (κ3) is 2.80. The fourth-order valence-corrected chi connectivity index (χ4v) is 2.47. The van der Waals surface area contributed by atoms with Crippen molar-refractivity contribution in [1.29, 1.82) is 0 Å². The van der Waals surface area contributed by atoms with Crippen molar-refractivity contribution in [2.45, 2.75) is 37.8 Å². The molecule has 0 radical (unpaired) electrons. The highest BCUT2D eigenvalue weighted by molar-refractivity contribution is 5.02. The summed E-state index contributed by atoms with van der Waals surface area (Å²) in [5, 5.41) is 5.56. The van der Waals surface area contributed by atoms with Crippen molar-refractivity contribution in [2.75, 3.05) is 20.8 Å². The maximum Gasteiger partial charge on any atom is 0.130 e. The summed E-state index contributed by atoms with van der Waals surface area (Å²) in [5.74, 6) is 1.05. The van der Waals surface area contributed by atoms with Gasteiger partial charge in [0.05, 0.1) is 6.67 Å². The van der Waals surface area contributed by atoms with Crippen molar-refractivity contribution in [1.82, 2.24) is 20.7 Å². The van der Waals surface area contributed by atoms with E-state index in [1.165, 1.54) is 19.3 Å². The predicted octanol–water partition coefficient (Wildman–Crippen LogP) is -0.0159. The molecule has 1 fully saturated rings. The van der Waals surface area contributed by atoms with Crippen LogP contribution in [-0.4, -0.2) is 42.8 Å².